The highest BCUT2D eigenvalue weighted by Gasteiger charge is 2.29. The lowest BCUT2D eigenvalue weighted by molar-refractivity contribution is -0.137. The number of pyridine rings is 1. The minimum atomic E-state index is -4.37. The zero-order chi connectivity index (χ0) is 19.4. The fourth-order valence-corrected chi connectivity index (χ4v) is 2.33. The van der Waals surface area contributed by atoms with Gasteiger partial charge in [0.15, 0.2) is 0 Å². The van der Waals surface area contributed by atoms with Crippen LogP contribution in [0.4, 0.5) is 30.4 Å². The van der Waals surface area contributed by atoms with Crippen LogP contribution < -0.4 is 10.6 Å². The zero-order valence-electron chi connectivity index (χ0n) is 14.3. The van der Waals surface area contributed by atoms with E-state index in [1.807, 2.05) is 19.1 Å². The summed E-state index contributed by atoms with van der Waals surface area (Å²) in [5.74, 6) is 0.120. The third-order valence-corrected chi connectivity index (χ3v) is 3.82. The Balaban J connectivity index is 1.64. The number of amides is 1. The van der Waals surface area contributed by atoms with Gasteiger partial charge in [0.05, 0.1) is 11.1 Å². The molecule has 0 saturated heterocycles. The third kappa shape index (κ3) is 4.84. The summed E-state index contributed by atoms with van der Waals surface area (Å²) in [6.07, 6.45) is -2.97. The summed E-state index contributed by atoms with van der Waals surface area (Å²) in [5.41, 5.74) is 1.89. The number of aryl methyl sites for hydroxylation is 1. The molecule has 4 nitrogen and oxygen atoms in total. The first kappa shape index (κ1) is 18.4. The number of rotatable bonds is 4. The Bertz CT molecular complexity index is 919. The third-order valence-electron chi connectivity index (χ3n) is 3.82. The molecule has 0 saturated carbocycles. The van der Waals surface area contributed by atoms with E-state index < -0.39 is 11.7 Å². The summed E-state index contributed by atoms with van der Waals surface area (Å²) >= 11 is 0. The van der Waals surface area contributed by atoms with Gasteiger partial charge in [0.2, 0.25) is 0 Å². The predicted octanol–water partition coefficient (Wildman–Crippen LogP) is 5.40. The van der Waals surface area contributed by atoms with Crippen LogP contribution in [0.25, 0.3) is 0 Å². The molecule has 0 fully saturated rings. The molecule has 3 rings (SSSR count). The SMILES string of the molecule is Cc1ccc(NC(=O)c2ccc(Nc3ccc(C(F)(F)F)cc3)nc2)cc1. The fraction of sp³-hybridized carbons (Fsp3) is 0.100. The molecule has 0 aliphatic carbocycles. The van der Waals surface area contributed by atoms with Crippen molar-refractivity contribution >= 4 is 23.1 Å². The van der Waals surface area contributed by atoms with Crippen LogP contribution in [0, 0.1) is 6.92 Å². The lowest BCUT2D eigenvalue weighted by Gasteiger charge is -2.10. The number of alkyl halides is 3. The lowest BCUT2D eigenvalue weighted by atomic mass is 10.2. The van der Waals surface area contributed by atoms with Crippen molar-refractivity contribution in [1.82, 2.24) is 4.98 Å². The summed E-state index contributed by atoms with van der Waals surface area (Å²) in [4.78, 5) is 16.3. The average molecular weight is 371 g/mol. The van der Waals surface area contributed by atoms with E-state index in [0.29, 0.717) is 22.8 Å². The molecule has 7 heteroatoms. The molecule has 0 spiro atoms. The highest BCUT2D eigenvalue weighted by Crippen LogP contribution is 2.30. The van der Waals surface area contributed by atoms with E-state index in [1.54, 1.807) is 24.3 Å². The van der Waals surface area contributed by atoms with Gasteiger partial charge in [-0.2, -0.15) is 13.2 Å². The molecule has 0 aliphatic rings. The number of carbonyl (C=O) groups is 1. The first-order chi connectivity index (χ1) is 12.8. The summed E-state index contributed by atoms with van der Waals surface area (Å²) in [6, 6.07) is 15.2. The molecule has 1 amide bonds. The average Bonchev–Trinajstić information content (AvgIpc) is 2.64. The van der Waals surface area contributed by atoms with E-state index in [0.717, 1.165) is 17.7 Å². The van der Waals surface area contributed by atoms with Crippen molar-refractivity contribution in [2.45, 2.75) is 13.1 Å². The molecule has 0 radical (unpaired) electrons. The van der Waals surface area contributed by atoms with Gasteiger partial charge in [-0.1, -0.05) is 17.7 Å². The summed E-state index contributed by atoms with van der Waals surface area (Å²) in [7, 11) is 0. The van der Waals surface area contributed by atoms with Crippen LogP contribution in [0.2, 0.25) is 0 Å². The van der Waals surface area contributed by atoms with Crippen molar-refractivity contribution < 1.29 is 18.0 Å². The fourth-order valence-electron chi connectivity index (χ4n) is 2.33. The van der Waals surface area contributed by atoms with Gasteiger partial charge in [-0.3, -0.25) is 4.79 Å². The number of benzene rings is 2. The molecule has 3 aromatic rings. The van der Waals surface area contributed by atoms with Gasteiger partial charge in [-0.05, 0) is 55.5 Å². The quantitative estimate of drug-likeness (QED) is 0.645. The number of aromatic nitrogens is 1. The summed E-state index contributed by atoms with van der Waals surface area (Å²) in [5, 5.41) is 5.66. The molecule has 1 heterocycles. The van der Waals surface area contributed by atoms with E-state index in [4.69, 9.17) is 0 Å². The van der Waals surface area contributed by atoms with E-state index in [9.17, 15) is 18.0 Å². The zero-order valence-corrected chi connectivity index (χ0v) is 14.3. The normalized spacial score (nSPS) is 11.1. The van der Waals surface area contributed by atoms with E-state index >= 15 is 0 Å². The Labute approximate surface area is 154 Å². The van der Waals surface area contributed by atoms with Crippen molar-refractivity contribution in [1.29, 1.82) is 0 Å². The Morgan fingerprint density at radius 3 is 2.07 bits per heavy atom. The molecule has 0 unspecified atom stereocenters. The number of halogens is 3. The van der Waals surface area contributed by atoms with Crippen LogP contribution in [-0.2, 0) is 6.18 Å². The van der Waals surface area contributed by atoms with Crippen LogP contribution >= 0.6 is 0 Å². The first-order valence-electron chi connectivity index (χ1n) is 8.09. The molecule has 0 aliphatic heterocycles. The van der Waals surface area contributed by atoms with Crippen molar-refractivity contribution in [2.24, 2.45) is 0 Å². The lowest BCUT2D eigenvalue weighted by Crippen LogP contribution is -2.12. The molecular weight excluding hydrogens is 355 g/mol. The van der Waals surface area contributed by atoms with Crippen LogP contribution in [0.3, 0.4) is 0 Å². The molecule has 27 heavy (non-hydrogen) atoms. The number of nitrogens with one attached hydrogen (secondary N) is 2. The molecule has 0 bridgehead atoms. The Morgan fingerprint density at radius 1 is 0.889 bits per heavy atom. The molecular formula is C20H16F3N3O. The standard InChI is InChI=1S/C20H16F3N3O/c1-13-2-7-17(8-3-13)26-19(27)14-4-11-18(24-12-14)25-16-9-5-15(6-10-16)20(21,22)23/h2-12H,1H3,(H,24,25)(H,26,27). The maximum Gasteiger partial charge on any atom is 0.416 e. The summed E-state index contributed by atoms with van der Waals surface area (Å²) < 4.78 is 37.7. The molecule has 138 valence electrons. The van der Waals surface area contributed by atoms with E-state index in [1.165, 1.54) is 18.3 Å². The van der Waals surface area contributed by atoms with E-state index in [2.05, 4.69) is 15.6 Å². The van der Waals surface area contributed by atoms with Crippen molar-refractivity contribution in [3.63, 3.8) is 0 Å². The van der Waals surface area contributed by atoms with Gasteiger partial charge < -0.3 is 10.6 Å². The molecule has 1 aromatic heterocycles. The van der Waals surface area contributed by atoms with E-state index in [-0.39, 0.29) is 5.91 Å². The Kier molecular flexibility index (Phi) is 5.12. The maximum atomic E-state index is 12.6. The molecule has 2 N–H and O–H groups in total. The van der Waals surface area contributed by atoms with Crippen LogP contribution in [0.1, 0.15) is 21.5 Å². The second kappa shape index (κ2) is 7.49. The molecule has 0 atom stereocenters. The highest BCUT2D eigenvalue weighted by atomic mass is 19.4. The predicted molar refractivity (Wildman–Crippen MR) is 98.1 cm³/mol. The number of anilines is 3. The van der Waals surface area contributed by atoms with Crippen LogP contribution in [0.15, 0.2) is 66.9 Å². The maximum absolute atomic E-state index is 12.6. The number of hydrogen-bond acceptors (Lipinski definition) is 3. The first-order valence-corrected chi connectivity index (χ1v) is 8.09. The largest absolute Gasteiger partial charge is 0.416 e. The van der Waals surface area contributed by atoms with Crippen molar-refractivity contribution in [3.05, 3.63) is 83.6 Å². The van der Waals surface area contributed by atoms with Crippen LogP contribution in [0.5, 0.6) is 0 Å². The topological polar surface area (TPSA) is 54.0 Å². The van der Waals surface area contributed by atoms with Gasteiger partial charge in [-0.15, -0.1) is 0 Å². The Morgan fingerprint density at radius 2 is 1.52 bits per heavy atom. The second-order valence-electron chi connectivity index (χ2n) is 5.95. The Hall–Kier alpha value is -3.35. The smallest absolute Gasteiger partial charge is 0.340 e. The second-order valence-corrected chi connectivity index (χ2v) is 5.95. The van der Waals surface area contributed by atoms with Gasteiger partial charge >= 0.3 is 6.18 Å². The van der Waals surface area contributed by atoms with Gasteiger partial charge in [0, 0.05) is 17.6 Å². The van der Waals surface area contributed by atoms with Gasteiger partial charge in [0.1, 0.15) is 5.82 Å². The van der Waals surface area contributed by atoms with Crippen LogP contribution in [-0.4, -0.2) is 10.9 Å². The van der Waals surface area contributed by atoms with Gasteiger partial charge in [-0.25, -0.2) is 4.98 Å². The van der Waals surface area contributed by atoms with Gasteiger partial charge in [0.25, 0.3) is 5.91 Å². The van der Waals surface area contributed by atoms with Crippen molar-refractivity contribution in [2.75, 3.05) is 10.6 Å². The number of hydrogen-bond donors (Lipinski definition) is 2. The monoisotopic (exact) mass is 371 g/mol. The minimum Gasteiger partial charge on any atom is -0.340 e. The number of carbonyl (C=O) groups excluding carboxylic acids is 1. The summed E-state index contributed by atoms with van der Waals surface area (Å²) in [6.45, 7) is 1.96. The minimum absolute atomic E-state index is 0.299. The van der Waals surface area contributed by atoms with Crippen molar-refractivity contribution in [3.8, 4) is 0 Å². The molecule has 2 aromatic carbocycles. The highest BCUT2D eigenvalue weighted by molar-refractivity contribution is 6.04. The number of nitrogens with zero attached hydrogens (tertiary/aromatic N) is 1.